The molecule has 0 spiro atoms. The van der Waals surface area contributed by atoms with E-state index in [0.717, 1.165) is 18.5 Å². The smallest absolute Gasteiger partial charge is 0.165 e. The molecule has 0 aliphatic carbocycles. The molecule has 1 atom stereocenters. The van der Waals surface area contributed by atoms with Crippen LogP contribution in [0.5, 0.6) is 5.75 Å². The number of nitrogens with one attached hydrogen (secondary N) is 1. The number of rotatable bonds is 6. The Kier molecular flexibility index (Phi) is 5.99. The van der Waals surface area contributed by atoms with Crippen LogP contribution in [0.15, 0.2) is 42.5 Å². The summed E-state index contributed by atoms with van der Waals surface area (Å²) in [5.41, 5.74) is 2.29. The lowest BCUT2D eigenvalue weighted by atomic mass is 9.98. The van der Waals surface area contributed by atoms with Crippen molar-refractivity contribution in [2.45, 2.75) is 19.4 Å². The van der Waals surface area contributed by atoms with Crippen molar-refractivity contribution >= 4 is 22.6 Å². The normalized spacial score (nSPS) is 12.2. The molecule has 1 N–H and O–H groups in total. The molecule has 2 rings (SSSR count). The maximum atomic E-state index is 13.5. The molecule has 1 unspecified atom stereocenters. The largest absolute Gasteiger partial charge is 0.494 e. The molecule has 0 aliphatic heterocycles. The Labute approximate surface area is 138 Å². The van der Waals surface area contributed by atoms with Crippen LogP contribution in [0, 0.1) is 9.39 Å². The molecule has 2 aromatic rings. The van der Waals surface area contributed by atoms with E-state index in [2.05, 4.69) is 59.1 Å². The standard InChI is InChI=1S/C17H19FINO/c1-3-20-16(10-12-4-7-14(19)8-5-12)13-6-9-15(18)17(11-13)21-2/h4-9,11,16,20H,3,10H2,1-2H3. The Morgan fingerprint density at radius 1 is 1.19 bits per heavy atom. The van der Waals surface area contributed by atoms with Gasteiger partial charge in [-0.2, -0.15) is 0 Å². The second-order valence-electron chi connectivity index (χ2n) is 4.83. The molecular weight excluding hydrogens is 380 g/mol. The van der Waals surface area contributed by atoms with Gasteiger partial charge >= 0.3 is 0 Å². The summed E-state index contributed by atoms with van der Waals surface area (Å²) in [5.74, 6) is -0.0382. The molecule has 0 radical (unpaired) electrons. The van der Waals surface area contributed by atoms with Crippen molar-refractivity contribution in [2.24, 2.45) is 0 Å². The van der Waals surface area contributed by atoms with Crippen LogP contribution in [-0.2, 0) is 6.42 Å². The van der Waals surface area contributed by atoms with Crippen molar-refractivity contribution in [1.29, 1.82) is 0 Å². The van der Waals surface area contributed by atoms with Crippen LogP contribution in [0.3, 0.4) is 0 Å². The molecule has 21 heavy (non-hydrogen) atoms. The van der Waals surface area contributed by atoms with Crippen molar-refractivity contribution in [3.8, 4) is 5.75 Å². The highest BCUT2D eigenvalue weighted by atomic mass is 127. The number of ether oxygens (including phenoxy) is 1. The molecule has 0 bridgehead atoms. The lowest BCUT2D eigenvalue weighted by Gasteiger charge is -2.19. The van der Waals surface area contributed by atoms with Gasteiger partial charge in [-0.15, -0.1) is 0 Å². The minimum absolute atomic E-state index is 0.143. The zero-order valence-electron chi connectivity index (χ0n) is 12.2. The molecule has 0 heterocycles. The summed E-state index contributed by atoms with van der Waals surface area (Å²) in [6.07, 6.45) is 0.861. The Morgan fingerprint density at radius 2 is 1.90 bits per heavy atom. The summed E-state index contributed by atoms with van der Waals surface area (Å²) in [7, 11) is 1.49. The van der Waals surface area contributed by atoms with E-state index < -0.39 is 0 Å². The maximum absolute atomic E-state index is 13.5. The van der Waals surface area contributed by atoms with Gasteiger partial charge < -0.3 is 10.1 Å². The second-order valence-corrected chi connectivity index (χ2v) is 6.08. The highest BCUT2D eigenvalue weighted by Gasteiger charge is 2.14. The molecule has 0 aliphatic rings. The quantitative estimate of drug-likeness (QED) is 0.731. The minimum Gasteiger partial charge on any atom is -0.494 e. The zero-order chi connectivity index (χ0) is 15.2. The first-order valence-corrected chi connectivity index (χ1v) is 8.03. The van der Waals surface area contributed by atoms with Crippen molar-refractivity contribution in [1.82, 2.24) is 5.32 Å². The molecule has 0 aromatic heterocycles. The molecular formula is C17H19FINO. The number of likely N-dealkylation sites (N-methyl/N-ethyl adjacent to an activating group) is 1. The monoisotopic (exact) mass is 399 g/mol. The third-order valence-electron chi connectivity index (χ3n) is 3.38. The molecule has 0 saturated carbocycles. The Bertz CT molecular complexity index is 586. The van der Waals surface area contributed by atoms with Crippen LogP contribution in [0.25, 0.3) is 0 Å². The lowest BCUT2D eigenvalue weighted by molar-refractivity contribution is 0.384. The number of halogens is 2. The van der Waals surface area contributed by atoms with Crippen LogP contribution in [0.4, 0.5) is 4.39 Å². The minimum atomic E-state index is -0.328. The first kappa shape index (κ1) is 16.2. The summed E-state index contributed by atoms with van der Waals surface area (Å²) >= 11 is 2.30. The van der Waals surface area contributed by atoms with Gasteiger partial charge in [0, 0.05) is 9.61 Å². The van der Waals surface area contributed by atoms with E-state index in [0.29, 0.717) is 0 Å². The van der Waals surface area contributed by atoms with Gasteiger partial charge in [0.15, 0.2) is 11.6 Å². The Morgan fingerprint density at radius 3 is 2.52 bits per heavy atom. The molecule has 112 valence electrons. The van der Waals surface area contributed by atoms with Crippen LogP contribution >= 0.6 is 22.6 Å². The zero-order valence-corrected chi connectivity index (χ0v) is 14.4. The summed E-state index contributed by atoms with van der Waals surface area (Å²) in [4.78, 5) is 0. The molecule has 0 fully saturated rings. The number of methoxy groups -OCH3 is 1. The predicted molar refractivity (Wildman–Crippen MR) is 92.2 cm³/mol. The Balaban J connectivity index is 2.23. The molecule has 0 saturated heterocycles. The van der Waals surface area contributed by atoms with E-state index in [-0.39, 0.29) is 17.6 Å². The fourth-order valence-corrected chi connectivity index (χ4v) is 2.66. The molecule has 2 nitrogen and oxygen atoms in total. The lowest BCUT2D eigenvalue weighted by Crippen LogP contribution is -2.23. The van der Waals surface area contributed by atoms with E-state index in [4.69, 9.17) is 4.74 Å². The topological polar surface area (TPSA) is 21.3 Å². The van der Waals surface area contributed by atoms with Crippen molar-refractivity contribution in [3.05, 3.63) is 63.0 Å². The summed E-state index contributed by atoms with van der Waals surface area (Å²) in [6, 6.07) is 13.7. The summed E-state index contributed by atoms with van der Waals surface area (Å²) in [5, 5.41) is 3.45. The molecule has 4 heteroatoms. The van der Waals surface area contributed by atoms with Crippen molar-refractivity contribution in [2.75, 3.05) is 13.7 Å². The molecule has 0 amide bonds. The van der Waals surface area contributed by atoms with Crippen LogP contribution in [0.1, 0.15) is 24.1 Å². The van der Waals surface area contributed by atoms with Gasteiger partial charge in [-0.25, -0.2) is 4.39 Å². The number of hydrogen-bond donors (Lipinski definition) is 1. The van der Waals surface area contributed by atoms with Crippen molar-refractivity contribution in [3.63, 3.8) is 0 Å². The van der Waals surface area contributed by atoms with E-state index >= 15 is 0 Å². The second kappa shape index (κ2) is 7.75. The number of benzene rings is 2. The fourth-order valence-electron chi connectivity index (χ4n) is 2.30. The van der Waals surface area contributed by atoms with Crippen molar-refractivity contribution < 1.29 is 9.13 Å². The third kappa shape index (κ3) is 4.41. The fraction of sp³-hybridized carbons (Fsp3) is 0.294. The van der Waals surface area contributed by atoms with E-state index in [9.17, 15) is 4.39 Å². The first-order valence-electron chi connectivity index (χ1n) is 6.95. The van der Waals surface area contributed by atoms with Crippen LogP contribution < -0.4 is 10.1 Å². The van der Waals surface area contributed by atoms with Gasteiger partial charge in [0.25, 0.3) is 0 Å². The first-order chi connectivity index (χ1) is 10.1. The van der Waals surface area contributed by atoms with E-state index in [1.54, 1.807) is 6.07 Å². The number of hydrogen-bond acceptors (Lipinski definition) is 2. The Hall–Kier alpha value is -1.14. The van der Waals surface area contributed by atoms with Gasteiger partial charge in [-0.05, 0) is 70.9 Å². The van der Waals surface area contributed by atoms with Gasteiger partial charge in [-0.1, -0.05) is 25.1 Å². The van der Waals surface area contributed by atoms with Gasteiger partial charge in [0.1, 0.15) is 0 Å². The SMILES string of the molecule is CCNC(Cc1ccc(I)cc1)c1ccc(F)c(OC)c1. The van der Waals surface area contributed by atoms with Gasteiger partial charge in [-0.3, -0.25) is 0 Å². The van der Waals surface area contributed by atoms with Crippen LogP contribution in [-0.4, -0.2) is 13.7 Å². The predicted octanol–water partition coefficient (Wildman–Crippen LogP) is 4.33. The average molecular weight is 399 g/mol. The summed E-state index contributed by atoms with van der Waals surface area (Å²) < 4.78 is 19.8. The third-order valence-corrected chi connectivity index (χ3v) is 4.10. The highest BCUT2D eigenvalue weighted by molar-refractivity contribution is 14.1. The van der Waals surface area contributed by atoms with E-state index in [1.807, 2.05) is 6.07 Å². The highest BCUT2D eigenvalue weighted by Crippen LogP contribution is 2.25. The average Bonchev–Trinajstić information content (AvgIpc) is 2.49. The van der Waals surface area contributed by atoms with E-state index in [1.165, 1.54) is 22.3 Å². The molecule has 2 aromatic carbocycles. The maximum Gasteiger partial charge on any atom is 0.165 e. The van der Waals surface area contributed by atoms with Gasteiger partial charge in [0.2, 0.25) is 0 Å². The van der Waals surface area contributed by atoms with Crippen LogP contribution in [0.2, 0.25) is 0 Å². The van der Waals surface area contributed by atoms with Gasteiger partial charge in [0.05, 0.1) is 7.11 Å². The summed E-state index contributed by atoms with van der Waals surface area (Å²) in [6.45, 7) is 2.93.